The van der Waals surface area contributed by atoms with Crippen LogP contribution in [0, 0.1) is 5.92 Å². The second-order valence-electron chi connectivity index (χ2n) is 4.98. The minimum atomic E-state index is -0.409. The third kappa shape index (κ3) is 4.18. The number of hydrogen-bond donors (Lipinski definition) is 1. The standard InChI is InChI=1S/C11H21NO3/c1-11(2,3)15-10(13)8-4-5-14-9(6-8)7-12/h8-9H,4-7,12H2,1-3H3. The van der Waals surface area contributed by atoms with E-state index in [1.165, 1.54) is 0 Å². The number of esters is 1. The smallest absolute Gasteiger partial charge is 0.309 e. The van der Waals surface area contributed by atoms with E-state index in [1.54, 1.807) is 0 Å². The van der Waals surface area contributed by atoms with Gasteiger partial charge in [-0.05, 0) is 33.6 Å². The molecule has 2 atom stereocenters. The number of nitrogens with two attached hydrogens (primary N) is 1. The largest absolute Gasteiger partial charge is 0.460 e. The van der Waals surface area contributed by atoms with E-state index in [1.807, 2.05) is 20.8 Å². The molecule has 4 heteroatoms. The number of carbonyl (C=O) groups excluding carboxylic acids is 1. The zero-order chi connectivity index (χ0) is 11.5. The summed E-state index contributed by atoms with van der Waals surface area (Å²) in [5.41, 5.74) is 5.11. The highest BCUT2D eigenvalue weighted by Crippen LogP contribution is 2.23. The number of ether oxygens (including phenoxy) is 2. The Bertz CT molecular complexity index is 222. The molecule has 1 aliphatic rings. The molecule has 1 heterocycles. The number of rotatable bonds is 2. The summed E-state index contributed by atoms with van der Waals surface area (Å²) in [5, 5.41) is 0. The minimum Gasteiger partial charge on any atom is -0.460 e. The Balaban J connectivity index is 2.45. The maximum Gasteiger partial charge on any atom is 0.309 e. The Kier molecular flexibility index (Phi) is 4.11. The lowest BCUT2D eigenvalue weighted by atomic mass is 9.95. The van der Waals surface area contributed by atoms with Crippen LogP contribution in [0.3, 0.4) is 0 Å². The molecule has 0 aromatic carbocycles. The van der Waals surface area contributed by atoms with Gasteiger partial charge in [0.15, 0.2) is 0 Å². The summed E-state index contributed by atoms with van der Waals surface area (Å²) in [6, 6.07) is 0. The van der Waals surface area contributed by atoms with Crippen molar-refractivity contribution in [3.8, 4) is 0 Å². The predicted molar refractivity (Wildman–Crippen MR) is 57.4 cm³/mol. The first-order chi connectivity index (χ1) is 6.92. The van der Waals surface area contributed by atoms with E-state index in [0.29, 0.717) is 19.6 Å². The molecule has 0 amide bonds. The normalized spacial score (nSPS) is 27.5. The van der Waals surface area contributed by atoms with E-state index in [2.05, 4.69) is 0 Å². The maximum absolute atomic E-state index is 11.8. The van der Waals surface area contributed by atoms with Crippen molar-refractivity contribution in [2.45, 2.75) is 45.3 Å². The van der Waals surface area contributed by atoms with Crippen LogP contribution in [0.1, 0.15) is 33.6 Å². The van der Waals surface area contributed by atoms with Gasteiger partial charge in [0, 0.05) is 13.2 Å². The van der Waals surface area contributed by atoms with Gasteiger partial charge in [-0.3, -0.25) is 4.79 Å². The highest BCUT2D eigenvalue weighted by molar-refractivity contribution is 5.73. The van der Waals surface area contributed by atoms with Crippen LogP contribution < -0.4 is 5.73 Å². The molecule has 1 aliphatic heterocycles. The van der Waals surface area contributed by atoms with E-state index < -0.39 is 5.60 Å². The lowest BCUT2D eigenvalue weighted by molar-refractivity contribution is -0.164. The first kappa shape index (κ1) is 12.5. The first-order valence-corrected chi connectivity index (χ1v) is 5.47. The molecule has 0 aliphatic carbocycles. The second-order valence-corrected chi connectivity index (χ2v) is 4.98. The van der Waals surface area contributed by atoms with Gasteiger partial charge in [0.05, 0.1) is 12.0 Å². The van der Waals surface area contributed by atoms with Gasteiger partial charge in [-0.15, -0.1) is 0 Å². The fraction of sp³-hybridized carbons (Fsp3) is 0.909. The molecule has 15 heavy (non-hydrogen) atoms. The van der Waals surface area contributed by atoms with Gasteiger partial charge >= 0.3 is 5.97 Å². The van der Waals surface area contributed by atoms with Gasteiger partial charge in [0.25, 0.3) is 0 Å². The molecule has 1 fully saturated rings. The van der Waals surface area contributed by atoms with Crippen molar-refractivity contribution in [1.82, 2.24) is 0 Å². The Hall–Kier alpha value is -0.610. The van der Waals surface area contributed by atoms with Crippen LogP contribution in [0.4, 0.5) is 0 Å². The summed E-state index contributed by atoms with van der Waals surface area (Å²) in [5.74, 6) is -0.171. The quantitative estimate of drug-likeness (QED) is 0.700. The van der Waals surface area contributed by atoms with E-state index >= 15 is 0 Å². The summed E-state index contributed by atoms with van der Waals surface area (Å²) >= 11 is 0. The molecular formula is C11H21NO3. The fourth-order valence-electron chi connectivity index (χ4n) is 1.64. The van der Waals surface area contributed by atoms with Crippen LogP contribution in [-0.2, 0) is 14.3 Å². The van der Waals surface area contributed by atoms with Crippen molar-refractivity contribution in [3.05, 3.63) is 0 Å². The molecule has 0 radical (unpaired) electrons. The summed E-state index contributed by atoms with van der Waals surface area (Å²) in [6.45, 7) is 6.71. The Labute approximate surface area is 91.1 Å². The number of carbonyl (C=O) groups is 1. The highest BCUT2D eigenvalue weighted by atomic mass is 16.6. The Morgan fingerprint density at radius 1 is 1.53 bits per heavy atom. The molecule has 1 rings (SSSR count). The van der Waals surface area contributed by atoms with Gasteiger partial charge in [-0.1, -0.05) is 0 Å². The van der Waals surface area contributed by atoms with Crippen molar-refractivity contribution in [2.24, 2.45) is 11.7 Å². The van der Waals surface area contributed by atoms with Crippen LogP contribution in [0.2, 0.25) is 0 Å². The topological polar surface area (TPSA) is 61.5 Å². The van der Waals surface area contributed by atoms with Gasteiger partial charge in [-0.25, -0.2) is 0 Å². The molecule has 2 unspecified atom stereocenters. The average Bonchev–Trinajstić information content (AvgIpc) is 2.15. The lowest BCUT2D eigenvalue weighted by Gasteiger charge is -2.30. The Morgan fingerprint density at radius 2 is 2.20 bits per heavy atom. The maximum atomic E-state index is 11.8. The molecule has 0 aromatic rings. The van der Waals surface area contributed by atoms with E-state index in [-0.39, 0.29) is 18.0 Å². The zero-order valence-electron chi connectivity index (χ0n) is 9.79. The van der Waals surface area contributed by atoms with Crippen molar-refractivity contribution < 1.29 is 14.3 Å². The average molecular weight is 215 g/mol. The molecule has 0 spiro atoms. The molecular weight excluding hydrogens is 194 g/mol. The third-order valence-corrected chi connectivity index (χ3v) is 2.37. The predicted octanol–water partition coefficient (Wildman–Crippen LogP) is 1.08. The van der Waals surface area contributed by atoms with Crippen molar-refractivity contribution in [3.63, 3.8) is 0 Å². The summed E-state index contributed by atoms with van der Waals surface area (Å²) < 4.78 is 10.7. The second kappa shape index (κ2) is 4.94. The first-order valence-electron chi connectivity index (χ1n) is 5.47. The summed E-state index contributed by atoms with van der Waals surface area (Å²) in [4.78, 5) is 11.8. The third-order valence-electron chi connectivity index (χ3n) is 2.37. The highest BCUT2D eigenvalue weighted by Gasteiger charge is 2.30. The molecule has 0 bridgehead atoms. The van der Waals surface area contributed by atoms with Crippen LogP contribution in [0.15, 0.2) is 0 Å². The van der Waals surface area contributed by atoms with Crippen molar-refractivity contribution >= 4 is 5.97 Å². The van der Waals surface area contributed by atoms with Crippen molar-refractivity contribution in [2.75, 3.05) is 13.2 Å². The number of hydrogen-bond acceptors (Lipinski definition) is 4. The van der Waals surface area contributed by atoms with Crippen LogP contribution >= 0.6 is 0 Å². The SMILES string of the molecule is CC(C)(C)OC(=O)C1CCOC(CN)C1. The minimum absolute atomic E-state index is 0.0104. The monoisotopic (exact) mass is 215 g/mol. The van der Waals surface area contributed by atoms with E-state index in [9.17, 15) is 4.79 Å². The van der Waals surface area contributed by atoms with Crippen LogP contribution in [0.5, 0.6) is 0 Å². The van der Waals surface area contributed by atoms with Gasteiger partial charge in [0.2, 0.25) is 0 Å². The molecule has 2 N–H and O–H groups in total. The Morgan fingerprint density at radius 3 is 2.73 bits per heavy atom. The van der Waals surface area contributed by atoms with Crippen LogP contribution in [0.25, 0.3) is 0 Å². The molecule has 4 nitrogen and oxygen atoms in total. The summed E-state index contributed by atoms with van der Waals surface area (Å²) in [7, 11) is 0. The molecule has 1 saturated heterocycles. The fourth-order valence-corrected chi connectivity index (χ4v) is 1.64. The van der Waals surface area contributed by atoms with E-state index in [0.717, 1.165) is 6.42 Å². The molecule has 0 saturated carbocycles. The lowest BCUT2D eigenvalue weighted by Crippen LogP contribution is -2.37. The molecule has 0 aromatic heterocycles. The van der Waals surface area contributed by atoms with Gasteiger partial charge in [-0.2, -0.15) is 0 Å². The zero-order valence-corrected chi connectivity index (χ0v) is 9.79. The molecule has 88 valence electrons. The van der Waals surface area contributed by atoms with E-state index in [4.69, 9.17) is 15.2 Å². The summed E-state index contributed by atoms with van der Waals surface area (Å²) in [6.07, 6.45) is 1.44. The van der Waals surface area contributed by atoms with Gasteiger partial charge in [0.1, 0.15) is 5.60 Å². The van der Waals surface area contributed by atoms with Gasteiger partial charge < -0.3 is 15.2 Å². The van der Waals surface area contributed by atoms with Crippen LogP contribution in [-0.4, -0.2) is 30.8 Å². The van der Waals surface area contributed by atoms with Crippen molar-refractivity contribution in [1.29, 1.82) is 0 Å².